The van der Waals surface area contributed by atoms with Crippen molar-refractivity contribution in [3.8, 4) is 5.75 Å². The molecule has 1 amide bonds. The maximum Gasteiger partial charge on any atom is 0.261 e. The number of hydrogen-bond acceptors (Lipinski definition) is 4. The first-order chi connectivity index (χ1) is 12.5. The van der Waals surface area contributed by atoms with Crippen molar-refractivity contribution in [2.75, 3.05) is 0 Å². The van der Waals surface area contributed by atoms with E-state index < -0.39 is 0 Å². The molecule has 3 aromatic rings. The number of nitrogens with zero attached hydrogens (tertiary/aromatic N) is 2. The lowest BCUT2D eigenvalue weighted by molar-refractivity contribution is 0.0940. The van der Waals surface area contributed by atoms with E-state index in [0.717, 1.165) is 17.0 Å². The predicted octanol–water partition coefficient (Wildman–Crippen LogP) is 4.30. The fourth-order valence-electron chi connectivity index (χ4n) is 2.45. The van der Waals surface area contributed by atoms with Gasteiger partial charge in [0.15, 0.2) is 0 Å². The van der Waals surface area contributed by atoms with Gasteiger partial charge in [-0.05, 0) is 55.6 Å². The van der Waals surface area contributed by atoms with Gasteiger partial charge in [-0.2, -0.15) is 5.10 Å². The number of nitrogens with one attached hydrogen (secondary N) is 1. The van der Waals surface area contributed by atoms with Gasteiger partial charge in [0.2, 0.25) is 0 Å². The smallest absolute Gasteiger partial charge is 0.261 e. The molecule has 0 aliphatic heterocycles. The summed E-state index contributed by atoms with van der Waals surface area (Å²) in [6, 6.07) is 11.0. The van der Waals surface area contributed by atoms with E-state index in [1.807, 2.05) is 54.4 Å². The number of amides is 1. The molecule has 0 bridgehead atoms. The minimum Gasteiger partial charge on any atom is -0.489 e. The number of aromatic nitrogens is 2. The molecule has 5 nitrogen and oxygen atoms in total. The summed E-state index contributed by atoms with van der Waals surface area (Å²) in [7, 11) is 0. The van der Waals surface area contributed by atoms with Crippen molar-refractivity contribution >= 4 is 28.8 Å². The fraction of sp³-hybridized carbons (Fsp3) is 0.263. The van der Waals surface area contributed by atoms with E-state index in [1.54, 1.807) is 12.1 Å². The van der Waals surface area contributed by atoms with Crippen LogP contribution >= 0.6 is 22.9 Å². The SMILES string of the molecule is Cc1ccn(CC(C)NC(=O)c2cc(COc3ccc(Cl)cc3)cs2)n1. The number of carbonyl (C=O) groups excluding carboxylic acids is 1. The second-order valence-corrected chi connectivity index (χ2v) is 7.46. The Bertz CT molecular complexity index is 873. The summed E-state index contributed by atoms with van der Waals surface area (Å²) < 4.78 is 7.54. The first-order valence-corrected chi connectivity index (χ1v) is 9.52. The molecule has 0 aliphatic rings. The molecule has 2 heterocycles. The van der Waals surface area contributed by atoms with E-state index in [1.165, 1.54) is 11.3 Å². The number of benzene rings is 1. The second-order valence-electron chi connectivity index (χ2n) is 6.12. The Morgan fingerprint density at radius 2 is 2.12 bits per heavy atom. The molecule has 3 rings (SSSR count). The van der Waals surface area contributed by atoms with E-state index >= 15 is 0 Å². The third-order valence-electron chi connectivity index (χ3n) is 3.71. The molecular formula is C19H20ClN3O2S. The van der Waals surface area contributed by atoms with E-state index in [-0.39, 0.29) is 11.9 Å². The van der Waals surface area contributed by atoms with Gasteiger partial charge in [0.25, 0.3) is 5.91 Å². The Balaban J connectivity index is 1.51. The van der Waals surface area contributed by atoms with Crippen LogP contribution in [-0.2, 0) is 13.2 Å². The van der Waals surface area contributed by atoms with Gasteiger partial charge < -0.3 is 10.1 Å². The Morgan fingerprint density at radius 3 is 2.81 bits per heavy atom. The van der Waals surface area contributed by atoms with Crippen molar-refractivity contribution in [2.45, 2.75) is 33.0 Å². The Kier molecular flexibility index (Phi) is 5.96. The van der Waals surface area contributed by atoms with Crippen molar-refractivity contribution in [1.82, 2.24) is 15.1 Å². The highest BCUT2D eigenvalue weighted by Gasteiger charge is 2.13. The molecule has 7 heteroatoms. The van der Waals surface area contributed by atoms with Crippen molar-refractivity contribution in [3.05, 3.63) is 69.1 Å². The molecule has 26 heavy (non-hydrogen) atoms. The van der Waals surface area contributed by atoms with Gasteiger partial charge in [0.1, 0.15) is 12.4 Å². The maximum atomic E-state index is 12.4. The first-order valence-electron chi connectivity index (χ1n) is 8.26. The van der Waals surface area contributed by atoms with Crippen LogP contribution in [-0.4, -0.2) is 21.7 Å². The van der Waals surface area contributed by atoms with Crippen LogP contribution in [0.2, 0.25) is 5.02 Å². The van der Waals surface area contributed by atoms with Crippen molar-refractivity contribution in [2.24, 2.45) is 0 Å². The highest BCUT2D eigenvalue weighted by molar-refractivity contribution is 7.12. The third kappa shape index (κ3) is 5.09. The van der Waals surface area contributed by atoms with Crippen molar-refractivity contribution < 1.29 is 9.53 Å². The standard InChI is InChI=1S/C19H20ClN3O2S/c1-13-7-8-23(22-13)10-14(2)21-19(24)18-9-15(12-26-18)11-25-17-5-3-16(20)4-6-17/h3-9,12,14H,10-11H2,1-2H3,(H,21,24). The molecule has 1 aromatic carbocycles. The maximum absolute atomic E-state index is 12.4. The van der Waals surface area contributed by atoms with E-state index in [0.29, 0.717) is 23.1 Å². The number of aryl methyl sites for hydroxylation is 1. The largest absolute Gasteiger partial charge is 0.489 e. The van der Waals surface area contributed by atoms with Crippen LogP contribution in [0.25, 0.3) is 0 Å². The molecule has 0 saturated heterocycles. The van der Waals surface area contributed by atoms with Gasteiger partial charge in [-0.15, -0.1) is 11.3 Å². The van der Waals surface area contributed by atoms with Crippen LogP contribution in [0.3, 0.4) is 0 Å². The van der Waals surface area contributed by atoms with Crippen LogP contribution in [0.15, 0.2) is 48.0 Å². The Morgan fingerprint density at radius 1 is 1.35 bits per heavy atom. The van der Waals surface area contributed by atoms with Gasteiger partial charge >= 0.3 is 0 Å². The lowest BCUT2D eigenvalue weighted by Gasteiger charge is -2.13. The quantitative estimate of drug-likeness (QED) is 0.655. The summed E-state index contributed by atoms with van der Waals surface area (Å²) in [5.41, 5.74) is 1.93. The second kappa shape index (κ2) is 8.38. The monoisotopic (exact) mass is 389 g/mol. The minimum atomic E-state index is -0.0795. The summed E-state index contributed by atoms with van der Waals surface area (Å²) in [4.78, 5) is 13.1. The molecular weight excluding hydrogens is 370 g/mol. The van der Waals surface area contributed by atoms with E-state index in [2.05, 4.69) is 10.4 Å². The third-order valence-corrected chi connectivity index (χ3v) is 4.94. The lowest BCUT2D eigenvalue weighted by atomic mass is 10.3. The number of thiophene rings is 1. The summed E-state index contributed by atoms with van der Waals surface area (Å²) in [6.45, 7) is 4.96. The van der Waals surface area contributed by atoms with Gasteiger partial charge in [0, 0.05) is 22.8 Å². The Hall–Kier alpha value is -2.31. The van der Waals surface area contributed by atoms with Gasteiger partial charge in [0.05, 0.1) is 17.1 Å². The van der Waals surface area contributed by atoms with Crippen LogP contribution < -0.4 is 10.1 Å². The van der Waals surface area contributed by atoms with Crippen LogP contribution in [0.1, 0.15) is 27.9 Å². The molecule has 1 N–H and O–H groups in total. The molecule has 0 fully saturated rings. The number of hydrogen-bond donors (Lipinski definition) is 1. The molecule has 0 aliphatic carbocycles. The minimum absolute atomic E-state index is 0.0160. The molecule has 136 valence electrons. The predicted molar refractivity (Wildman–Crippen MR) is 104 cm³/mol. The normalized spacial score (nSPS) is 12.0. The highest BCUT2D eigenvalue weighted by atomic mass is 35.5. The van der Waals surface area contributed by atoms with Crippen LogP contribution in [0.5, 0.6) is 5.75 Å². The molecule has 1 atom stereocenters. The highest BCUT2D eigenvalue weighted by Crippen LogP contribution is 2.19. The van der Waals surface area contributed by atoms with Gasteiger partial charge in [-0.3, -0.25) is 9.48 Å². The first kappa shape index (κ1) is 18.5. The average Bonchev–Trinajstić information content (AvgIpc) is 3.23. The summed E-state index contributed by atoms with van der Waals surface area (Å²) in [5, 5.41) is 9.95. The lowest BCUT2D eigenvalue weighted by Crippen LogP contribution is -2.35. The average molecular weight is 390 g/mol. The van der Waals surface area contributed by atoms with Gasteiger partial charge in [-0.1, -0.05) is 11.6 Å². The molecule has 0 spiro atoms. The topological polar surface area (TPSA) is 56.2 Å². The number of carbonyl (C=O) groups is 1. The van der Waals surface area contributed by atoms with Crippen molar-refractivity contribution in [1.29, 1.82) is 0 Å². The number of rotatable bonds is 7. The van der Waals surface area contributed by atoms with Gasteiger partial charge in [-0.25, -0.2) is 0 Å². The summed E-state index contributed by atoms with van der Waals surface area (Å²) in [5.74, 6) is 0.666. The molecule has 0 radical (unpaired) electrons. The Labute approximate surface area is 161 Å². The van der Waals surface area contributed by atoms with E-state index in [9.17, 15) is 4.79 Å². The summed E-state index contributed by atoms with van der Waals surface area (Å²) >= 11 is 7.27. The molecule has 0 saturated carbocycles. The molecule has 2 aromatic heterocycles. The molecule has 1 unspecified atom stereocenters. The zero-order valence-corrected chi connectivity index (χ0v) is 16.2. The number of halogens is 1. The van der Waals surface area contributed by atoms with E-state index in [4.69, 9.17) is 16.3 Å². The van der Waals surface area contributed by atoms with Crippen LogP contribution in [0.4, 0.5) is 0 Å². The summed E-state index contributed by atoms with van der Waals surface area (Å²) in [6.07, 6.45) is 1.91. The van der Waals surface area contributed by atoms with Crippen LogP contribution in [0, 0.1) is 6.92 Å². The number of ether oxygens (including phenoxy) is 1. The zero-order valence-electron chi connectivity index (χ0n) is 14.6. The fourth-order valence-corrected chi connectivity index (χ4v) is 3.38. The van der Waals surface area contributed by atoms with Crippen molar-refractivity contribution in [3.63, 3.8) is 0 Å². The zero-order chi connectivity index (χ0) is 18.5.